The first-order valence-corrected chi connectivity index (χ1v) is 4.55. The van der Waals surface area contributed by atoms with Crippen LogP contribution in [-0.2, 0) is 12.8 Å². The zero-order valence-electron chi connectivity index (χ0n) is 7.73. The lowest BCUT2D eigenvalue weighted by atomic mass is 10.1. The monoisotopic (exact) mass is 166 g/mol. The Morgan fingerprint density at radius 2 is 2.00 bits per heavy atom. The number of halogens is 1. The molecule has 0 saturated heterocycles. The third-order valence-electron chi connectivity index (χ3n) is 2.04. The van der Waals surface area contributed by atoms with Crippen molar-refractivity contribution in [2.24, 2.45) is 0 Å². The van der Waals surface area contributed by atoms with Crippen LogP contribution in [0.4, 0.5) is 4.39 Å². The first-order valence-electron chi connectivity index (χ1n) is 4.55. The van der Waals surface area contributed by atoms with Gasteiger partial charge in [-0.1, -0.05) is 32.4 Å². The van der Waals surface area contributed by atoms with Crippen molar-refractivity contribution in [1.82, 2.24) is 0 Å². The van der Waals surface area contributed by atoms with Gasteiger partial charge >= 0.3 is 0 Å². The van der Waals surface area contributed by atoms with Gasteiger partial charge in [-0.05, 0) is 30.0 Å². The minimum Gasteiger partial charge on any atom is -0.207 e. The molecule has 0 aliphatic rings. The highest BCUT2D eigenvalue weighted by atomic mass is 19.1. The van der Waals surface area contributed by atoms with Crippen molar-refractivity contribution >= 4 is 0 Å². The van der Waals surface area contributed by atoms with Gasteiger partial charge in [0.05, 0.1) is 0 Å². The van der Waals surface area contributed by atoms with E-state index in [2.05, 4.69) is 6.92 Å². The summed E-state index contributed by atoms with van der Waals surface area (Å²) in [6.45, 7) is 4.07. The third kappa shape index (κ3) is 2.07. The molecule has 0 amide bonds. The smallest absolute Gasteiger partial charge is 0.126 e. The Morgan fingerprint density at radius 3 is 2.50 bits per heavy atom. The van der Waals surface area contributed by atoms with E-state index >= 15 is 0 Å². The molecule has 0 unspecified atom stereocenters. The van der Waals surface area contributed by atoms with E-state index in [4.69, 9.17) is 0 Å². The molecular weight excluding hydrogens is 151 g/mol. The van der Waals surface area contributed by atoms with E-state index < -0.39 is 0 Å². The van der Waals surface area contributed by atoms with Crippen molar-refractivity contribution in [3.63, 3.8) is 0 Å². The van der Waals surface area contributed by atoms with Crippen LogP contribution in [0, 0.1) is 5.82 Å². The van der Waals surface area contributed by atoms with E-state index in [0.717, 1.165) is 30.4 Å². The minimum absolute atomic E-state index is 0.0524. The average Bonchev–Trinajstić information content (AvgIpc) is 2.05. The summed E-state index contributed by atoms with van der Waals surface area (Å²) >= 11 is 0. The second-order valence-electron chi connectivity index (χ2n) is 3.03. The average molecular weight is 166 g/mol. The fraction of sp³-hybridized carbons (Fsp3) is 0.455. The molecule has 0 nitrogen and oxygen atoms in total. The van der Waals surface area contributed by atoms with Crippen LogP contribution in [0.3, 0.4) is 0 Å². The van der Waals surface area contributed by atoms with Gasteiger partial charge in [0.25, 0.3) is 0 Å². The normalized spacial score (nSPS) is 10.2. The molecule has 0 aliphatic heterocycles. The highest BCUT2D eigenvalue weighted by molar-refractivity contribution is 5.24. The van der Waals surface area contributed by atoms with Crippen molar-refractivity contribution in [3.8, 4) is 0 Å². The molecular formula is C11H15F. The standard InChI is InChI=1S/C11H15F/c1-3-5-9-6-7-10(4-2)11(12)8-9/h6-8H,3-5H2,1-2H3. The molecule has 1 heteroatoms. The van der Waals surface area contributed by atoms with Gasteiger partial charge in [-0.2, -0.15) is 0 Å². The molecule has 0 radical (unpaired) electrons. The van der Waals surface area contributed by atoms with Crippen molar-refractivity contribution in [2.45, 2.75) is 33.1 Å². The van der Waals surface area contributed by atoms with Crippen molar-refractivity contribution in [2.75, 3.05) is 0 Å². The van der Waals surface area contributed by atoms with Crippen LogP contribution < -0.4 is 0 Å². The molecule has 1 aromatic rings. The predicted molar refractivity (Wildman–Crippen MR) is 49.8 cm³/mol. The molecule has 0 aliphatic carbocycles. The van der Waals surface area contributed by atoms with Gasteiger partial charge in [0.1, 0.15) is 5.82 Å². The van der Waals surface area contributed by atoms with E-state index in [-0.39, 0.29) is 5.82 Å². The Balaban J connectivity index is 2.86. The van der Waals surface area contributed by atoms with E-state index in [9.17, 15) is 4.39 Å². The van der Waals surface area contributed by atoms with Crippen molar-refractivity contribution in [1.29, 1.82) is 0 Å². The van der Waals surface area contributed by atoms with Crippen LogP contribution in [0.5, 0.6) is 0 Å². The molecule has 12 heavy (non-hydrogen) atoms. The summed E-state index contributed by atoms with van der Waals surface area (Å²) in [6, 6.07) is 5.56. The summed E-state index contributed by atoms with van der Waals surface area (Å²) < 4.78 is 13.2. The molecule has 1 aromatic carbocycles. The quantitative estimate of drug-likeness (QED) is 0.646. The first kappa shape index (κ1) is 9.24. The first-order chi connectivity index (χ1) is 5.77. The molecule has 0 spiro atoms. The van der Waals surface area contributed by atoms with Crippen molar-refractivity contribution < 1.29 is 4.39 Å². The fourth-order valence-electron chi connectivity index (χ4n) is 1.32. The molecule has 0 bridgehead atoms. The van der Waals surface area contributed by atoms with Gasteiger partial charge in [0.2, 0.25) is 0 Å². The van der Waals surface area contributed by atoms with Gasteiger partial charge in [-0.15, -0.1) is 0 Å². The lowest BCUT2D eigenvalue weighted by Gasteiger charge is -2.02. The third-order valence-corrected chi connectivity index (χ3v) is 2.04. The molecule has 0 atom stereocenters. The maximum atomic E-state index is 13.2. The molecule has 0 fully saturated rings. The Kier molecular flexibility index (Phi) is 3.27. The highest BCUT2D eigenvalue weighted by Crippen LogP contribution is 2.12. The van der Waals surface area contributed by atoms with E-state index in [0.29, 0.717) is 0 Å². The van der Waals surface area contributed by atoms with Crippen LogP contribution in [0.15, 0.2) is 18.2 Å². The van der Waals surface area contributed by atoms with Crippen LogP contribution in [0.1, 0.15) is 31.4 Å². The molecule has 0 heterocycles. The van der Waals surface area contributed by atoms with Gasteiger partial charge in [-0.25, -0.2) is 4.39 Å². The maximum Gasteiger partial charge on any atom is 0.126 e. The Hall–Kier alpha value is -0.850. The number of benzene rings is 1. The lowest BCUT2D eigenvalue weighted by Crippen LogP contribution is -1.90. The van der Waals surface area contributed by atoms with E-state index in [1.54, 1.807) is 6.07 Å². The maximum absolute atomic E-state index is 13.2. The summed E-state index contributed by atoms with van der Waals surface area (Å²) in [4.78, 5) is 0. The molecule has 0 N–H and O–H groups in total. The predicted octanol–water partition coefficient (Wildman–Crippen LogP) is 3.34. The van der Waals surface area contributed by atoms with Crippen molar-refractivity contribution in [3.05, 3.63) is 35.1 Å². The highest BCUT2D eigenvalue weighted by Gasteiger charge is 2.00. The largest absolute Gasteiger partial charge is 0.207 e. The molecule has 66 valence electrons. The minimum atomic E-state index is -0.0524. The molecule has 1 rings (SSSR count). The fourth-order valence-corrected chi connectivity index (χ4v) is 1.32. The van der Waals surface area contributed by atoms with Gasteiger partial charge < -0.3 is 0 Å². The summed E-state index contributed by atoms with van der Waals surface area (Å²) in [5.41, 5.74) is 1.92. The number of rotatable bonds is 3. The van der Waals surface area contributed by atoms with Crippen LogP contribution in [-0.4, -0.2) is 0 Å². The number of aryl methyl sites for hydroxylation is 2. The Morgan fingerprint density at radius 1 is 1.25 bits per heavy atom. The van der Waals surface area contributed by atoms with Crippen LogP contribution in [0.25, 0.3) is 0 Å². The molecule has 0 saturated carbocycles. The second-order valence-corrected chi connectivity index (χ2v) is 3.03. The summed E-state index contributed by atoms with van der Waals surface area (Å²) in [5, 5.41) is 0. The summed E-state index contributed by atoms with van der Waals surface area (Å²) in [7, 11) is 0. The summed E-state index contributed by atoms with van der Waals surface area (Å²) in [5.74, 6) is -0.0524. The second kappa shape index (κ2) is 4.24. The zero-order valence-corrected chi connectivity index (χ0v) is 7.73. The van der Waals surface area contributed by atoms with Crippen LogP contribution in [0.2, 0.25) is 0 Å². The van der Waals surface area contributed by atoms with Gasteiger partial charge in [-0.3, -0.25) is 0 Å². The van der Waals surface area contributed by atoms with E-state index in [1.807, 2.05) is 19.1 Å². The van der Waals surface area contributed by atoms with Gasteiger partial charge in [0.15, 0.2) is 0 Å². The molecule has 0 aromatic heterocycles. The Bertz CT molecular complexity index is 253. The Labute approximate surface area is 73.4 Å². The lowest BCUT2D eigenvalue weighted by molar-refractivity contribution is 0.609. The topological polar surface area (TPSA) is 0 Å². The number of hydrogen-bond donors (Lipinski definition) is 0. The summed E-state index contributed by atoms with van der Waals surface area (Å²) in [6.07, 6.45) is 2.82. The zero-order chi connectivity index (χ0) is 8.97. The number of hydrogen-bond acceptors (Lipinski definition) is 0. The SMILES string of the molecule is CCCc1ccc(CC)c(F)c1. The van der Waals surface area contributed by atoms with Crippen LogP contribution >= 0.6 is 0 Å². The van der Waals surface area contributed by atoms with Gasteiger partial charge in [0, 0.05) is 0 Å². The van der Waals surface area contributed by atoms with E-state index in [1.165, 1.54) is 0 Å².